The number of esters is 1. The molecule has 0 bridgehead atoms. The lowest BCUT2D eigenvalue weighted by Crippen LogP contribution is -2.17. The standard InChI is InChI=1S/C18H15F3N2O5/c19-18(20,21)13-6-7-14(15(10-13)23(26)27)22-9-8-17(25)28-11-16(24)12-4-2-1-3-5-12/h1-7,10,22H,8-9,11H2. The number of rotatable bonds is 8. The molecule has 0 atom stereocenters. The van der Waals surface area contributed by atoms with Crippen LogP contribution in [0.4, 0.5) is 24.5 Å². The van der Waals surface area contributed by atoms with Gasteiger partial charge in [0.05, 0.1) is 16.9 Å². The summed E-state index contributed by atoms with van der Waals surface area (Å²) in [4.78, 5) is 33.5. The van der Waals surface area contributed by atoms with Crippen molar-refractivity contribution in [2.75, 3.05) is 18.5 Å². The van der Waals surface area contributed by atoms with Crippen LogP contribution in [0.3, 0.4) is 0 Å². The minimum atomic E-state index is -4.71. The number of carbonyl (C=O) groups is 2. The fraction of sp³-hybridized carbons (Fsp3) is 0.222. The Labute approximate surface area is 157 Å². The predicted octanol–water partition coefficient (Wildman–Crippen LogP) is 3.84. The van der Waals surface area contributed by atoms with Gasteiger partial charge in [0.15, 0.2) is 12.4 Å². The number of anilines is 1. The van der Waals surface area contributed by atoms with Crippen LogP contribution in [0.1, 0.15) is 22.3 Å². The molecule has 0 aliphatic heterocycles. The highest BCUT2D eigenvalue weighted by Gasteiger charge is 2.33. The molecule has 0 heterocycles. The summed E-state index contributed by atoms with van der Waals surface area (Å²) < 4.78 is 42.8. The number of carbonyl (C=O) groups excluding carboxylic acids is 2. The molecule has 2 aromatic carbocycles. The zero-order valence-electron chi connectivity index (χ0n) is 14.4. The molecule has 1 N–H and O–H groups in total. The van der Waals surface area contributed by atoms with E-state index < -0.39 is 34.9 Å². The van der Waals surface area contributed by atoms with Gasteiger partial charge in [-0.3, -0.25) is 19.7 Å². The molecular formula is C18H15F3N2O5. The van der Waals surface area contributed by atoms with Gasteiger partial charge in [0.25, 0.3) is 5.69 Å². The summed E-state index contributed by atoms with van der Waals surface area (Å²) in [5.41, 5.74) is -1.69. The lowest BCUT2D eigenvalue weighted by Gasteiger charge is -2.10. The molecule has 0 saturated heterocycles. The zero-order valence-corrected chi connectivity index (χ0v) is 14.4. The molecule has 0 fully saturated rings. The summed E-state index contributed by atoms with van der Waals surface area (Å²) in [7, 11) is 0. The Morgan fingerprint density at radius 1 is 1.11 bits per heavy atom. The van der Waals surface area contributed by atoms with Crippen molar-refractivity contribution in [1.29, 1.82) is 0 Å². The molecule has 0 spiro atoms. The second-order valence-electron chi connectivity index (χ2n) is 5.61. The Morgan fingerprint density at radius 2 is 1.79 bits per heavy atom. The first-order chi connectivity index (χ1) is 13.2. The van der Waals surface area contributed by atoms with E-state index in [0.717, 1.165) is 6.07 Å². The third kappa shape index (κ3) is 5.79. The van der Waals surface area contributed by atoms with Gasteiger partial charge >= 0.3 is 12.1 Å². The summed E-state index contributed by atoms with van der Waals surface area (Å²) in [5, 5.41) is 13.5. The average Bonchev–Trinajstić information content (AvgIpc) is 2.66. The Morgan fingerprint density at radius 3 is 2.39 bits per heavy atom. The van der Waals surface area contributed by atoms with Crippen LogP contribution in [0, 0.1) is 10.1 Å². The van der Waals surface area contributed by atoms with Crippen molar-refractivity contribution in [2.24, 2.45) is 0 Å². The van der Waals surface area contributed by atoms with Crippen molar-refractivity contribution in [2.45, 2.75) is 12.6 Å². The van der Waals surface area contributed by atoms with Crippen molar-refractivity contribution < 1.29 is 32.4 Å². The highest BCUT2D eigenvalue weighted by Crippen LogP contribution is 2.34. The van der Waals surface area contributed by atoms with E-state index in [1.165, 1.54) is 0 Å². The molecule has 0 aliphatic carbocycles. The Kier molecular flexibility index (Phi) is 6.69. The molecule has 7 nitrogen and oxygen atoms in total. The fourth-order valence-corrected chi connectivity index (χ4v) is 2.23. The van der Waals surface area contributed by atoms with Crippen LogP contribution in [0.15, 0.2) is 48.5 Å². The number of halogens is 3. The molecule has 0 aromatic heterocycles. The number of benzene rings is 2. The minimum Gasteiger partial charge on any atom is -0.457 e. The maximum Gasteiger partial charge on any atom is 0.416 e. The monoisotopic (exact) mass is 396 g/mol. The number of hydrogen-bond donors (Lipinski definition) is 1. The SMILES string of the molecule is O=C(CCNc1ccc(C(F)(F)F)cc1[N+](=O)[O-])OCC(=O)c1ccccc1. The summed E-state index contributed by atoms with van der Waals surface area (Å²) in [6.45, 7) is -0.576. The number of hydrogen-bond acceptors (Lipinski definition) is 6. The van der Waals surface area contributed by atoms with Gasteiger partial charge in [-0.15, -0.1) is 0 Å². The van der Waals surface area contributed by atoms with Gasteiger partial charge in [-0.25, -0.2) is 0 Å². The molecular weight excluding hydrogens is 381 g/mol. The maximum absolute atomic E-state index is 12.7. The van der Waals surface area contributed by atoms with Crippen molar-refractivity contribution in [3.63, 3.8) is 0 Å². The summed E-state index contributed by atoms with van der Waals surface area (Å²) in [5.74, 6) is -1.12. The summed E-state index contributed by atoms with van der Waals surface area (Å²) in [6.07, 6.45) is -4.95. The smallest absolute Gasteiger partial charge is 0.416 e. The van der Waals surface area contributed by atoms with Gasteiger partial charge in [0.2, 0.25) is 0 Å². The molecule has 0 radical (unpaired) electrons. The van der Waals surface area contributed by atoms with Crippen molar-refractivity contribution in [3.8, 4) is 0 Å². The number of nitro benzene ring substituents is 1. The summed E-state index contributed by atoms with van der Waals surface area (Å²) >= 11 is 0. The molecule has 10 heteroatoms. The van der Waals surface area contributed by atoms with E-state index in [9.17, 15) is 32.9 Å². The number of nitrogens with one attached hydrogen (secondary N) is 1. The third-order valence-electron chi connectivity index (χ3n) is 3.63. The molecule has 0 saturated carbocycles. The average molecular weight is 396 g/mol. The Bertz CT molecular complexity index is 869. The van der Waals surface area contributed by atoms with Crippen LogP contribution in [-0.4, -0.2) is 29.8 Å². The predicted molar refractivity (Wildman–Crippen MR) is 92.9 cm³/mol. The van der Waals surface area contributed by atoms with Crippen LogP contribution >= 0.6 is 0 Å². The number of alkyl halides is 3. The van der Waals surface area contributed by atoms with E-state index >= 15 is 0 Å². The van der Waals surface area contributed by atoms with E-state index in [4.69, 9.17) is 4.74 Å². The fourth-order valence-electron chi connectivity index (χ4n) is 2.23. The van der Waals surface area contributed by atoms with Gasteiger partial charge in [0.1, 0.15) is 5.69 Å². The van der Waals surface area contributed by atoms with Gasteiger partial charge in [-0.1, -0.05) is 30.3 Å². The van der Waals surface area contributed by atoms with Gasteiger partial charge < -0.3 is 10.1 Å². The second kappa shape index (κ2) is 8.98. The van der Waals surface area contributed by atoms with Crippen molar-refractivity contribution >= 4 is 23.1 Å². The Balaban J connectivity index is 1.88. The first kappa shape index (κ1) is 20.9. The molecule has 0 aliphatic rings. The van der Waals surface area contributed by atoms with E-state index in [-0.39, 0.29) is 24.4 Å². The second-order valence-corrected chi connectivity index (χ2v) is 5.61. The molecule has 2 rings (SSSR count). The number of nitrogens with zero attached hydrogens (tertiary/aromatic N) is 1. The topological polar surface area (TPSA) is 98.5 Å². The zero-order chi connectivity index (χ0) is 20.7. The summed E-state index contributed by atoms with van der Waals surface area (Å²) in [6, 6.07) is 10.2. The van der Waals surface area contributed by atoms with Gasteiger partial charge in [-0.2, -0.15) is 13.2 Å². The van der Waals surface area contributed by atoms with Crippen LogP contribution < -0.4 is 5.32 Å². The lowest BCUT2D eigenvalue weighted by molar-refractivity contribution is -0.384. The van der Waals surface area contributed by atoms with E-state index in [1.807, 2.05) is 0 Å². The number of nitro groups is 1. The lowest BCUT2D eigenvalue weighted by atomic mass is 10.1. The highest BCUT2D eigenvalue weighted by atomic mass is 19.4. The number of ether oxygens (including phenoxy) is 1. The van der Waals surface area contributed by atoms with Crippen molar-refractivity contribution in [1.82, 2.24) is 0 Å². The molecule has 148 valence electrons. The maximum atomic E-state index is 12.7. The van der Waals surface area contributed by atoms with E-state index in [0.29, 0.717) is 17.7 Å². The normalized spacial score (nSPS) is 11.0. The highest BCUT2D eigenvalue weighted by molar-refractivity contribution is 5.97. The molecule has 28 heavy (non-hydrogen) atoms. The Hall–Kier alpha value is -3.43. The first-order valence-corrected chi connectivity index (χ1v) is 8.02. The van der Waals surface area contributed by atoms with E-state index in [1.54, 1.807) is 30.3 Å². The first-order valence-electron chi connectivity index (χ1n) is 8.02. The van der Waals surface area contributed by atoms with Crippen LogP contribution in [0.5, 0.6) is 0 Å². The van der Waals surface area contributed by atoms with E-state index in [2.05, 4.69) is 5.32 Å². The number of ketones is 1. The molecule has 0 unspecified atom stereocenters. The quantitative estimate of drug-likeness (QED) is 0.315. The molecule has 0 amide bonds. The van der Waals surface area contributed by atoms with Crippen LogP contribution in [0.2, 0.25) is 0 Å². The molecule has 2 aromatic rings. The van der Waals surface area contributed by atoms with Gasteiger partial charge in [-0.05, 0) is 12.1 Å². The van der Waals surface area contributed by atoms with Crippen LogP contribution in [0.25, 0.3) is 0 Å². The largest absolute Gasteiger partial charge is 0.457 e. The number of Topliss-reactive ketones (excluding diaryl/α,β-unsaturated/α-hetero) is 1. The third-order valence-corrected chi connectivity index (χ3v) is 3.63. The van der Waals surface area contributed by atoms with Gasteiger partial charge in [0, 0.05) is 18.2 Å². The van der Waals surface area contributed by atoms with Crippen molar-refractivity contribution in [3.05, 3.63) is 69.8 Å². The minimum absolute atomic E-state index is 0.120. The van der Waals surface area contributed by atoms with Crippen LogP contribution in [-0.2, 0) is 15.7 Å².